The molecule has 2 nitrogen and oxygen atoms in total. The second kappa shape index (κ2) is 7.12. The van der Waals surface area contributed by atoms with Gasteiger partial charge in [-0.1, -0.05) is 58.0 Å². The summed E-state index contributed by atoms with van der Waals surface area (Å²) < 4.78 is 0. The maximum atomic E-state index is 4.46. The Bertz CT molecular complexity index is 700. The number of hydrogen-bond acceptors (Lipinski definition) is 2. The van der Waals surface area contributed by atoms with E-state index >= 15 is 0 Å². The van der Waals surface area contributed by atoms with E-state index in [2.05, 4.69) is 68.0 Å². The summed E-state index contributed by atoms with van der Waals surface area (Å²) in [6.07, 6.45) is 9.18. The van der Waals surface area contributed by atoms with Gasteiger partial charge in [0, 0.05) is 22.6 Å². The number of hydrogen-bond donors (Lipinski definition) is 2. The maximum Gasteiger partial charge on any atom is 0.0463 e. The monoisotopic (exact) mass is 320 g/mol. The lowest BCUT2D eigenvalue weighted by Crippen LogP contribution is -2.18. The molecule has 0 atom stereocenters. The van der Waals surface area contributed by atoms with Crippen molar-refractivity contribution in [1.82, 2.24) is 5.32 Å². The van der Waals surface area contributed by atoms with Crippen LogP contribution in [-0.2, 0) is 0 Å². The van der Waals surface area contributed by atoms with Crippen molar-refractivity contribution in [3.63, 3.8) is 0 Å². The summed E-state index contributed by atoms with van der Waals surface area (Å²) in [6, 6.07) is 8.48. The Morgan fingerprint density at radius 3 is 2.62 bits per heavy atom. The second-order valence-corrected chi connectivity index (χ2v) is 7.06. The summed E-state index contributed by atoms with van der Waals surface area (Å²) in [6.45, 7) is 12.7. The molecule has 0 saturated heterocycles. The summed E-state index contributed by atoms with van der Waals surface area (Å²) in [7, 11) is 0. The van der Waals surface area contributed by atoms with Gasteiger partial charge in [-0.05, 0) is 54.2 Å². The van der Waals surface area contributed by atoms with Crippen molar-refractivity contribution in [1.29, 1.82) is 0 Å². The van der Waals surface area contributed by atoms with Gasteiger partial charge >= 0.3 is 0 Å². The van der Waals surface area contributed by atoms with Crippen molar-refractivity contribution in [2.75, 3.05) is 5.32 Å². The molecule has 1 aromatic carbocycles. The van der Waals surface area contributed by atoms with Crippen molar-refractivity contribution in [2.45, 2.75) is 39.5 Å². The third-order valence-electron chi connectivity index (χ3n) is 5.09. The summed E-state index contributed by atoms with van der Waals surface area (Å²) >= 11 is 0. The lowest BCUT2D eigenvalue weighted by molar-refractivity contribution is 0.654. The molecule has 0 unspecified atom stereocenters. The largest absolute Gasteiger partial charge is 0.365 e. The Labute approximate surface area is 146 Å². The van der Waals surface area contributed by atoms with Gasteiger partial charge in [-0.3, -0.25) is 0 Å². The number of para-hydroxylation sites is 1. The summed E-state index contributed by atoms with van der Waals surface area (Å²) in [5, 5.41) is 6.97. The third kappa shape index (κ3) is 3.19. The molecule has 1 saturated carbocycles. The number of benzene rings is 1. The number of nitrogens with one attached hydrogen (secondary N) is 2. The fourth-order valence-electron chi connectivity index (χ4n) is 3.82. The van der Waals surface area contributed by atoms with Crippen LogP contribution in [0.4, 0.5) is 5.69 Å². The van der Waals surface area contributed by atoms with Crippen molar-refractivity contribution in [3.8, 4) is 0 Å². The minimum atomic E-state index is 0.410. The van der Waals surface area contributed by atoms with E-state index in [0.29, 0.717) is 11.8 Å². The van der Waals surface area contributed by atoms with Gasteiger partial charge in [0.1, 0.15) is 0 Å². The summed E-state index contributed by atoms with van der Waals surface area (Å²) in [5.74, 6) is 1.02. The van der Waals surface area contributed by atoms with Gasteiger partial charge in [-0.15, -0.1) is 0 Å². The van der Waals surface area contributed by atoms with Crippen molar-refractivity contribution >= 4 is 11.3 Å². The van der Waals surface area contributed by atoms with Gasteiger partial charge < -0.3 is 10.6 Å². The van der Waals surface area contributed by atoms with Crippen LogP contribution >= 0.6 is 0 Å². The fourth-order valence-corrected chi connectivity index (χ4v) is 3.82. The Morgan fingerprint density at radius 1 is 1.25 bits per heavy atom. The molecule has 126 valence electrons. The van der Waals surface area contributed by atoms with E-state index in [0.717, 1.165) is 5.69 Å². The predicted octanol–water partition coefficient (Wildman–Crippen LogP) is 5.84. The van der Waals surface area contributed by atoms with E-state index in [1.807, 2.05) is 0 Å². The standard InChI is InChI=1S/C22H28N2/c1-5-23-20(15(2)3)14-21-22(17-10-6-7-11-17)16(4)18-12-8-9-13-19(18)24-21/h5,8-9,12-15,17,23-24H,1,4,6-7,10-11H2,2-3H3/b20-14-. The summed E-state index contributed by atoms with van der Waals surface area (Å²) in [4.78, 5) is 0. The summed E-state index contributed by atoms with van der Waals surface area (Å²) in [5.41, 5.74) is 7.34. The van der Waals surface area contributed by atoms with E-state index in [-0.39, 0.29) is 0 Å². The zero-order valence-corrected chi connectivity index (χ0v) is 14.9. The topological polar surface area (TPSA) is 24.1 Å². The molecule has 0 amide bonds. The van der Waals surface area contributed by atoms with Crippen LogP contribution in [0.15, 0.2) is 66.7 Å². The molecule has 0 radical (unpaired) electrons. The van der Waals surface area contributed by atoms with Gasteiger partial charge in [0.05, 0.1) is 0 Å². The number of allylic oxidation sites excluding steroid dienone is 4. The Kier molecular flexibility index (Phi) is 4.94. The highest BCUT2D eigenvalue weighted by molar-refractivity contribution is 5.90. The van der Waals surface area contributed by atoms with E-state index in [9.17, 15) is 0 Å². The minimum absolute atomic E-state index is 0.410. The molecule has 24 heavy (non-hydrogen) atoms. The van der Waals surface area contributed by atoms with Crippen LogP contribution < -0.4 is 10.6 Å². The molecular formula is C22H28N2. The van der Waals surface area contributed by atoms with Crippen LogP contribution in [0.25, 0.3) is 5.57 Å². The Morgan fingerprint density at radius 2 is 1.96 bits per heavy atom. The molecular weight excluding hydrogens is 292 g/mol. The number of anilines is 1. The average Bonchev–Trinajstić information content (AvgIpc) is 3.08. The van der Waals surface area contributed by atoms with Crippen molar-refractivity contribution < 1.29 is 0 Å². The quantitative estimate of drug-likeness (QED) is 0.712. The smallest absolute Gasteiger partial charge is 0.0463 e. The molecule has 3 rings (SSSR count). The molecule has 0 spiro atoms. The van der Waals surface area contributed by atoms with Gasteiger partial charge in [0.25, 0.3) is 0 Å². The Balaban J connectivity index is 2.09. The molecule has 2 aliphatic rings. The van der Waals surface area contributed by atoms with Crippen LogP contribution in [-0.4, -0.2) is 0 Å². The van der Waals surface area contributed by atoms with E-state index < -0.39 is 0 Å². The van der Waals surface area contributed by atoms with Crippen LogP contribution in [0, 0.1) is 11.8 Å². The predicted molar refractivity (Wildman–Crippen MR) is 104 cm³/mol. The van der Waals surface area contributed by atoms with E-state index in [1.54, 1.807) is 6.20 Å². The second-order valence-electron chi connectivity index (χ2n) is 7.06. The van der Waals surface area contributed by atoms with Gasteiger partial charge in [0.15, 0.2) is 0 Å². The molecule has 2 N–H and O–H groups in total. The number of fused-ring (bicyclic) bond motifs is 1. The third-order valence-corrected chi connectivity index (χ3v) is 5.09. The fraction of sp³-hybridized carbons (Fsp3) is 0.364. The highest BCUT2D eigenvalue weighted by atomic mass is 14.9. The van der Waals surface area contributed by atoms with Crippen LogP contribution in [0.3, 0.4) is 0 Å². The van der Waals surface area contributed by atoms with Gasteiger partial charge in [0.2, 0.25) is 0 Å². The molecule has 0 aromatic heterocycles. The van der Waals surface area contributed by atoms with Gasteiger partial charge in [-0.25, -0.2) is 0 Å². The Hall–Kier alpha value is -2.22. The highest BCUT2D eigenvalue weighted by Gasteiger charge is 2.28. The highest BCUT2D eigenvalue weighted by Crippen LogP contribution is 2.44. The van der Waals surface area contributed by atoms with Crippen LogP contribution in [0.2, 0.25) is 0 Å². The zero-order chi connectivity index (χ0) is 17.1. The van der Waals surface area contributed by atoms with Gasteiger partial charge in [-0.2, -0.15) is 0 Å². The normalized spacial score (nSPS) is 18.6. The van der Waals surface area contributed by atoms with Crippen LogP contribution in [0.5, 0.6) is 0 Å². The molecule has 1 heterocycles. The van der Waals surface area contributed by atoms with Crippen LogP contribution in [0.1, 0.15) is 45.1 Å². The lowest BCUT2D eigenvalue weighted by atomic mass is 9.83. The van der Waals surface area contributed by atoms with E-state index in [1.165, 1.54) is 53.8 Å². The first-order chi connectivity index (χ1) is 11.6. The maximum absolute atomic E-state index is 4.46. The number of rotatable bonds is 5. The average molecular weight is 320 g/mol. The molecule has 1 fully saturated rings. The van der Waals surface area contributed by atoms with E-state index in [4.69, 9.17) is 0 Å². The first kappa shape index (κ1) is 16.6. The molecule has 1 aromatic rings. The minimum Gasteiger partial charge on any atom is -0.365 e. The molecule has 1 aliphatic heterocycles. The van der Waals surface area contributed by atoms with Crippen molar-refractivity contribution in [2.24, 2.45) is 11.8 Å². The molecule has 1 aliphatic carbocycles. The first-order valence-electron chi connectivity index (χ1n) is 9.00. The zero-order valence-electron chi connectivity index (χ0n) is 14.9. The molecule has 2 heteroatoms. The first-order valence-corrected chi connectivity index (χ1v) is 9.00. The lowest BCUT2D eigenvalue weighted by Gasteiger charge is -2.29. The molecule has 0 bridgehead atoms. The SMILES string of the molecule is C=CN/C(=C\C1=C(C2CCCC2)C(=C)c2ccccc2N1)C(C)C. The van der Waals surface area contributed by atoms with Crippen molar-refractivity contribution in [3.05, 3.63) is 72.2 Å².